The third-order valence-electron chi connectivity index (χ3n) is 2.34. The highest BCUT2D eigenvalue weighted by Gasteiger charge is 2.28. The van der Waals surface area contributed by atoms with Gasteiger partial charge in [0.25, 0.3) is 10.2 Å². The van der Waals surface area contributed by atoms with Gasteiger partial charge >= 0.3 is 5.97 Å². The van der Waals surface area contributed by atoms with E-state index in [1.54, 1.807) is 6.92 Å². The summed E-state index contributed by atoms with van der Waals surface area (Å²) in [6, 6.07) is -0.528. The zero-order valence-electron chi connectivity index (χ0n) is 9.58. The van der Waals surface area contributed by atoms with Crippen LogP contribution in [0.2, 0.25) is 0 Å². The molecule has 100 valence electrons. The highest BCUT2D eigenvalue weighted by Crippen LogP contribution is 2.21. The monoisotopic (exact) mass is 291 g/mol. The number of nitrogens with one attached hydrogen (secondary N) is 2. The van der Waals surface area contributed by atoms with E-state index in [-0.39, 0.29) is 11.7 Å². The molecule has 1 aliphatic carbocycles. The molecular formula is C9H13N3O4S2. The summed E-state index contributed by atoms with van der Waals surface area (Å²) in [5, 5.41) is 10.5. The lowest BCUT2D eigenvalue weighted by Gasteiger charge is -2.12. The molecule has 0 spiro atoms. The van der Waals surface area contributed by atoms with Crippen LogP contribution in [0.3, 0.4) is 0 Å². The first-order valence-electron chi connectivity index (χ1n) is 5.35. The Morgan fingerprint density at radius 1 is 1.61 bits per heavy atom. The van der Waals surface area contributed by atoms with Crippen LogP contribution in [-0.2, 0) is 10.2 Å². The smallest absolute Gasteiger partial charge is 0.355 e. The van der Waals surface area contributed by atoms with Crippen LogP contribution in [0.15, 0.2) is 5.38 Å². The molecular weight excluding hydrogens is 278 g/mol. The Balaban J connectivity index is 2.01. The molecule has 1 aliphatic rings. The maximum absolute atomic E-state index is 11.6. The van der Waals surface area contributed by atoms with E-state index in [0.29, 0.717) is 5.01 Å². The fourth-order valence-electron chi connectivity index (χ4n) is 1.32. The molecule has 7 nitrogen and oxygen atoms in total. The van der Waals surface area contributed by atoms with Gasteiger partial charge < -0.3 is 5.11 Å². The van der Waals surface area contributed by atoms with E-state index in [1.165, 1.54) is 5.38 Å². The maximum Gasteiger partial charge on any atom is 0.355 e. The summed E-state index contributed by atoms with van der Waals surface area (Å²) in [5.74, 6) is -1.12. The number of hydrogen-bond donors (Lipinski definition) is 3. The third kappa shape index (κ3) is 3.48. The zero-order valence-corrected chi connectivity index (χ0v) is 11.2. The highest BCUT2D eigenvalue weighted by atomic mass is 32.2. The lowest BCUT2D eigenvalue weighted by atomic mass is 10.4. The van der Waals surface area contributed by atoms with E-state index < -0.39 is 22.2 Å². The number of hydrogen-bond acceptors (Lipinski definition) is 5. The summed E-state index contributed by atoms with van der Waals surface area (Å²) in [6.07, 6.45) is 1.71. The van der Waals surface area contributed by atoms with Gasteiger partial charge in [-0.3, -0.25) is 0 Å². The van der Waals surface area contributed by atoms with Crippen LogP contribution in [0.25, 0.3) is 0 Å². The molecule has 1 saturated carbocycles. The van der Waals surface area contributed by atoms with Crippen LogP contribution in [0.4, 0.5) is 0 Å². The predicted molar refractivity (Wildman–Crippen MR) is 65.7 cm³/mol. The van der Waals surface area contributed by atoms with Crippen molar-refractivity contribution in [2.24, 2.45) is 0 Å². The van der Waals surface area contributed by atoms with Gasteiger partial charge in [-0.05, 0) is 19.8 Å². The number of nitrogens with zero attached hydrogens (tertiary/aromatic N) is 1. The third-order valence-corrected chi connectivity index (χ3v) is 4.68. The minimum absolute atomic E-state index is 0.0283. The van der Waals surface area contributed by atoms with Crippen molar-refractivity contribution in [1.29, 1.82) is 0 Å². The molecule has 3 N–H and O–H groups in total. The Labute approximate surface area is 108 Å². The summed E-state index contributed by atoms with van der Waals surface area (Å²) >= 11 is 1.11. The van der Waals surface area contributed by atoms with Crippen molar-refractivity contribution in [3.8, 4) is 0 Å². The molecule has 0 radical (unpaired) electrons. The zero-order chi connectivity index (χ0) is 13.3. The van der Waals surface area contributed by atoms with Gasteiger partial charge in [-0.25, -0.2) is 9.78 Å². The van der Waals surface area contributed by atoms with Gasteiger partial charge in [0, 0.05) is 11.4 Å². The Hall–Kier alpha value is -1.03. The van der Waals surface area contributed by atoms with Gasteiger partial charge in [0.05, 0.1) is 6.04 Å². The molecule has 1 unspecified atom stereocenters. The first kappa shape index (κ1) is 13.4. The molecule has 1 aromatic heterocycles. The average Bonchev–Trinajstić information content (AvgIpc) is 2.91. The maximum atomic E-state index is 11.6. The van der Waals surface area contributed by atoms with Gasteiger partial charge in [-0.2, -0.15) is 17.9 Å². The lowest BCUT2D eigenvalue weighted by molar-refractivity contribution is 0.0691. The number of carboxylic acids is 1. The van der Waals surface area contributed by atoms with Crippen LogP contribution in [0.5, 0.6) is 0 Å². The van der Waals surface area contributed by atoms with Gasteiger partial charge in [-0.15, -0.1) is 11.3 Å². The molecule has 2 rings (SSSR count). The summed E-state index contributed by atoms with van der Waals surface area (Å²) in [6.45, 7) is 1.62. The average molecular weight is 291 g/mol. The topological polar surface area (TPSA) is 108 Å². The molecule has 1 fully saturated rings. The van der Waals surface area contributed by atoms with Gasteiger partial charge in [-0.1, -0.05) is 0 Å². The number of rotatable bonds is 6. The van der Waals surface area contributed by atoms with Gasteiger partial charge in [0.2, 0.25) is 0 Å². The van der Waals surface area contributed by atoms with Gasteiger partial charge in [0.1, 0.15) is 5.01 Å². The van der Waals surface area contributed by atoms with Crippen molar-refractivity contribution < 1.29 is 18.3 Å². The normalized spacial score (nSPS) is 17.6. The Morgan fingerprint density at radius 2 is 2.28 bits per heavy atom. The molecule has 9 heteroatoms. The fraction of sp³-hybridized carbons (Fsp3) is 0.556. The predicted octanol–water partition coefficient (Wildman–Crippen LogP) is 0.489. The summed E-state index contributed by atoms with van der Waals surface area (Å²) in [7, 11) is -3.56. The molecule has 1 heterocycles. The van der Waals surface area contributed by atoms with E-state index in [0.717, 1.165) is 24.2 Å². The Kier molecular flexibility index (Phi) is 3.66. The summed E-state index contributed by atoms with van der Waals surface area (Å²) in [4.78, 5) is 14.5. The quantitative estimate of drug-likeness (QED) is 0.707. The van der Waals surface area contributed by atoms with Crippen LogP contribution < -0.4 is 9.44 Å². The standard InChI is InChI=1S/C9H13N3O4S2/c1-5(8-10-7(4-17-8)9(13)14)11-18(15,16)12-6-2-3-6/h4-6,11-12H,2-3H2,1H3,(H,13,14). The molecule has 0 saturated heterocycles. The van der Waals surface area contributed by atoms with E-state index in [4.69, 9.17) is 5.11 Å². The molecule has 0 aliphatic heterocycles. The van der Waals surface area contributed by atoms with E-state index in [1.807, 2.05) is 0 Å². The lowest BCUT2D eigenvalue weighted by Crippen LogP contribution is -2.39. The van der Waals surface area contributed by atoms with Crippen molar-refractivity contribution in [3.63, 3.8) is 0 Å². The van der Waals surface area contributed by atoms with Crippen molar-refractivity contribution in [2.75, 3.05) is 0 Å². The number of carbonyl (C=O) groups is 1. The van der Waals surface area contributed by atoms with Crippen LogP contribution in [0.1, 0.15) is 41.3 Å². The fourth-order valence-corrected chi connectivity index (χ4v) is 3.52. The van der Waals surface area contributed by atoms with E-state index in [2.05, 4.69) is 14.4 Å². The first-order chi connectivity index (χ1) is 8.37. The summed E-state index contributed by atoms with van der Waals surface area (Å²) in [5.41, 5.74) is -0.0730. The molecule has 0 aromatic carbocycles. The molecule has 18 heavy (non-hydrogen) atoms. The minimum atomic E-state index is -3.56. The minimum Gasteiger partial charge on any atom is -0.476 e. The SMILES string of the molecule is CC(NS(=O)(=O)NC1CC1)c1nc(C(=O)O)cs1. The second-order valence-electron chi connectivity index (χ2n) is 4.11. The second kappa shape index (κ2) is 4.92. The van der Waals surface area contributed by atoms with Crippen molar-refractivity contribution >= 4 is 27.5 Å². The number of aromatic carboxylic acids is 1. The molecule has 0 bridgehead atoms. The Bertz CT molecular complexity index is 550. The van der Waals surface area contributed by atoms with Crippen molar-refractivity contribution in [2.45, 2.75) is 31.8 Å². The Morgan fingerprint density at radius 3 is 2.78 bits per heavy atom. The van der Waals surface area contributed by atoms with Crippen molar-refractivity contribution in [1.82, 2.24) is 14.4 Å². The molecule has 1 atom stereocenters. The van der Waals surface area contributed by atoms with Crippen molar-refractivity contribution in [3.05, 3.63) is 16.1 Å². The van der Waals surface area contributed by atoms with E-state index in [9.17, 15) is 13.2 Å². The molecule has 0 amide bonds. The number of aromatic nitrogens is 1. The molecule has 1 aromatic rings. The van der Waals surface area contributed by atoms with Gasteiger partial charge in [0.15, 0.2) is 5.69 Å². The van der Waals surface area contributed by atoms with Crippen LogP contribution >= 0.6 is 11.3 Å². The number of carboxylic acid groups (broad SMARTS) is 1. The van der Waals surface area contributed by atoms with E-state index >= 15 is 0 Å². The summed E-state index contributed by atoms with van der Waals surface area (Å²) < 4.78 is 28.2. The second-order valence-corrected chi connectivity index (χ2v) is 6.48. The number of thiazole rings is 1. The largest absolute Gasteiger partial charge is 0.476 e. The van der Waals surface area contributed by atoms with Crippen LogP contribution in [-0.4, -0.2) is 30.5 Å². The highest BCUT2D eigenvalue weighted by molar-refractivity contribution is 7.87. The first-order valence-corrected chi connectivity index (χ1v) is 7.72. The van der Waals surface area contributed by atoms with Crippen LogP contribution in [0, 0.1) is 0 Å².